The van der Waals surface area contributed by atoms with Gasteiger partial charge in [0, 0.05) is 23.7 Å². The summed E-state index contributed by atoms with van der Waals surface area (Å²) in [6.07, 6.45) is 1.15. The van der Waals surface area contributed by atoms with Crippen molar-refractivity contribution < 1.29 is 19.1 Å². The molecule has 0 saturated carbocycles. The smallest absolute Gasteiger partial charge is 0.314 e. The number of hydrogen-bond donors (Lipinski definition) is 0. The molecule has 2 aromatic carbocycles. The second kappa shape index (κ2) is 8.23. The van der Waals surface area contributed by atoms with Crippen LogP contribution >= 0.6 is 11.6 Å². The highest BCUT2D eigenvalue weighted by molar-refractivity contribution is 6.30. The van der Waals surface area contributed by atoms with E-state index in [9.17, 15) is 9.59 Å². The number of para-hydroxylation sites is 2. The maximum Gasteiger partial charge on any atom is 0.314 e. The van der Waals surface area contributed by atoms with Crippen LogP contribution in [0.3, 0.4) is 0 Å². The summed E-state index contributed by atoms with van der Waals surface area (Å²) in [4.78, 5) is 26.7. The molecule has 0 N–H and O–H groups in total. The third-order valence-corrected chi connectivity index (χ3v) is 4.74. The molecule has 0 atom stereocenters. The van der Waals surface area contributed by atoms with Crippen LogP contribution in [0.15, 0.2) is 48.5 Å². The maximum atomic E-state index is 12.5. The number of amides is 1. The van der Waals surface area contributed by atoms with Crippen LogP contribution in [-0.4, -0.2) is 37.0 Å². The molecule has 3 rings (SSSR count). The Balaban J connectivity index is 1.57. The van der Waals surface area contributed by atoms with Crippen molar-refractivity contribution in [3.8, 4) is 11.5 Å². The first-order chi connectivity index (χ1) is 12.6. The van der Waals surface area contributed by atoms with E-state index in [0.29, 0.717) is 48.0 Å². The van der Waals surface area contributed by atoms with Crippen LogP contribution in [0.4, 0.5) is 0 Å². The van der Waals surface area contributed by atoms with Crippen LogP contribution in [0.1, 0.15) is 23.2 Å². The van der Waals surface area contributed by atoms with Gasteiger partial charge in [0.25, 0.3) is 5.91 Å². The third kappa shape index (κ3) is 4.17. The van der Waals surface area contributed by atoms with Gasteiger partial charge in [-0.05, 0) is 49.2 Å². The first-order valence-electron chi connectivity index (χ1n) is 8.48. The standard InChI is InChI=1S/C20H20ClNO4/c1-25-17-4-2-3-5-18(17)26-20(24)15-10-12-22(13-11-15)19(23)14-6-8-16(21)9-7-14/h2-9,15H,10-13H2,1H3. The Kier molecular flexibility index (Phi) is 5.78. The minimum Gasteiger partial charge on any atom is -0.493 e. The number of ether oxygens (including phenoxy) is 2. The first-order valence-corrected chi connectivity index (χ1v) is 8.86. The summed E-state index contributed by atoms with van der Waals surface area (Å²) in [5, 5.41) is 0.597. The van der Waals surface area contributed by atoms with Gasteiger partial charge in [-0.2, -0.15) is 0 Å². The Labute approximate surface area is 157 Å². The molecule has 0 bridgehead atoms. The first kappa shape index (κ1) is 18.3. The van der Waals surface area contributed by atoms with Gasteiger partial charge in [-0.25, -0.2) is 0 Å². The molecule has 0 spiro atoms. The van der Waals surface area contributed by atoms with Crippen LogP contribution in [0.5, 0.6) is 11.5 Å². The predicted octanol–water partition coefficient (Wildman–Crippen LogP) is 3.81. The number of likely N-dealkylation sites (tertiary alicyclic amines) is 1. The quantitative estimate of drug-likeness (QED) is 0.604. The zero-order valence-electron chi connectivity index (χ0n) is 14.5. The number of rotatable bonds is 4. The molecule has 136 valence electrons. The lowest BCUT2D eigenvalue weighted by molar-refractivity contribution is -0.140. The summed E-state index contributed by atoms with van der Waals surface area (Å²) in [6.45, 7) is 1.04. The highest BCUT2D eigenvalue weighted by atomic mass is 35.5. The summed E-state index contributed by atoms with van der Waals surface area (Å²) in [5.41, 5.74) is 0.601. The van der Waals surface area contributed by atoms with Crippen molar-refractivity contribution in [2.75, 3.05) is 20.2 Å². The minimum absolute atomic E-state index is 0.0433. The van der Waals surface area contributed by atoms with Gasteiger partial charge in [0.2, 0.25) is 0 Å². The third-order valence-electron chi connectivity index (χ3n) is 4.49. The lowest BCUT2D eigenvalue weighted by Crippen LogP contribution is -2.41. The molecule has 1 saturated heterocycles. The molecule has 1 amide bonds. The van der Waals surface area contributed by atoms with Gasteiger partial charge in [0.15, 0.2) is 11.5 Å². The molecule has 1 fully saturated rings. The zero-order valence-corrected chi connectivity index (χ0v) is 15.2. The van der Waals surface area contributed by atoms with Gasteiger partial charge in [-0.3, -0.25) is 9.59 Å². The van der Waals surface area contributed by atoms with Gasteiger partial charge in [0.1, 0.15) is 0 Å². The highest BCUT2D eigenvalue weighted by Gasteiger charge is 2.29. The van der Waals surface area contributed by atoms with E-state index in [2.05, 4.69) is 0 Å². The molecular formula is C20H20ClNO4. The predicted molar refractivity (Wildman–Crippen MR) is 98.7 cm³/mol. The van der Waals surface area contributed by atoms with Crippen molar-refractivity contribution in [2.45, 2.75) is 12.8 Å². The molecule has 0 unspecified atom stereocenters. The van der Waals surface area contributed by atoms with Crippen molar-refractivity contribution in [3.63, 3.8) is 0 Å². The number of esters is 1. The van der Waals surface area contributed by atoms with Gasteiger partial charge >= 0.3 is 5.97 Å². The van der Waals surface area contributed by atoms with Gasteiger partial charge in [0.05, 0.1) is 13.0 Å². The maximum absolute atomic E-state index is 12.5. The number of halogens is 1. The topological polar surface area (TPSA) is 55.8 Å². The fourth-order valence-corrected chi connectivity index (χ4v) is 3.11. The SMILES string of the molecule is COc1ccccc1OC(=O)C1CCN(C(=O)c2ccc(Cl)cc2)CC1. The summed E-state index contributed by atoms with van der Waals surface area (Å²) in [5.74, 6) is 0.386. The Morgan fingerprint density at radius 2 is 1.62 bits per heavy atom. The lowest BCUT2D eigenvalue weighted by Gasteiger charge is -2.31. The highest BCUT2D eigenvalue weighted by Crippen LogP contribution is 2.28. The fraction of sp³-hybridized carbons (Fsp3) is 0.300. The number of benzene rings is 2. The van der Waals surface area contributed by atoms with E-state index in [0.717, 1.165) is 0 Å². The van der Waals surface area contributed by atoms with Crippen molar-refractivity contribution in [2.24, 2.45) is 5.92 Å². The van der Waals surface area contributed by atoms with Crippen molar-refractivity contribution >= 4 is 23.5 Å². The van der Waals surface area contributed by atoms with E-state index in [1.165, 1.54) is 7.11 Å². The van der Waals surface area contributed by atoms with Crippen LogP contribution in [0.25, 0.3) is 0 Å². The van der Waals surface area contributed by atoms with E-state index >= 15 is 0 Å². The van der Waals surface area contributed by atoms with Crippen LogP contribution in [0, 0.1) is 5.92 Å². The largest absolute Gasteiger partial charge is 0.493 e. The molecule has 0 aromatic heterocycles. The van der Waals surface area contributed by atoms with Crippen molar-refractivity contribution in [1.29, 1.82) is 0 Å². The Hall–Kier alpha value is -2.53. The van der Waals surface area contributed by atoms with E-state index in [1.807, 2.05) is 6.07 Å². The minimum atomic E-state index is -0.284. The monoisotopic (exact) mass is 373 g/mol. The van der Waals surface area contributed by atoms with E-state index in [4.69, 9.17) is 21.1 Å². The van der Waals surface area contributed by atoms with E-state index in [1.54, 1.807) is 47.4 Å². The van der Waals surface area contributed by atoms with Crippen LogP contribution in [0.2, 0.25) is 5.02 Å². The summed E-state index contributed by atoms with van der Waals surface area (Å²) >= 11 is 5.86. The number of carbonyl (C=O) groups excluding carboxylic acids is 2. The number of piperidine rings is 1. The average Bonchev–Trinajstić information content (AvgIpc) is 2.68. The molecule has 26 heavy (non-hydrogen) atoms. The summed E-state index contributed by atoms with van der Waals surface area (Å²) in [7, 11) is 1.54. The molecule has 5 nitrogen and oxygen atoms in total. The molecule has 1 heterocycles. The zero-order chi connectivity index (χ0) is 18.5. The number of carbonyl (C=O) groups is 2. The molecular weight excluding hydrogens is 354 g/mol. The molecule has 2 aromatic rings. The normalized spacial score (nSPS) is 14.8. The Morgan fingerprint density at radius 3 is 2.23 bits per heavy atom. The lowest BCUT2D eigenvalue weighted by atomic mass is 9.96. The van der Waals surface area contributed by atoms with E-state index in [-0.39, 0.29) is 17.8 Å². The van der Waals surface area contributed by atoms with Gasteiger partial charge in [-0.15, -0.1) is 0 Å². The number of nitrogens with zero attached hydrogens (tertiary/aromatic N) is 1. The van der Waals surface area contributed by atoms with Crippen LogP contribution in [-0.2, 0) is 4.79 Å². The average molecular weight is 374 g/mol. The van der Waals surface area contributed by atoms with Gasteiger partial charge in [-0.1, -0.05) is 23.7 Å². The van der Waals surface area contributed by atoms with Crippen molar-refractivity contribution in [3.05, 3.63) is 59.1 Å². The fourth-order valence-electron chi connectivity index (χ4n) is 2.99. The van der Waals surface area contributed by atoms with Crippen molar-refractivity contribution in [1.82, 2.24) is 4.90 Å². The van der Waals surface area contributed by atoms with Crippen LogP contribution < -0.4 is 9.47 Å². The number of methoxy groups -OCH3 is 1. The second-order valence-electron chi connectivity index (χ2n) is 6.15. The van der Waals surface area contributed by atoms with E-state index < -0.39 is 0 Å². The molecule has 1 aliphatic rings. The summed E-state index contributed by atoms with van der Waals surface area (Å²) < 4.78 is 10.7. The molecule has 0 radical (unpaired) electrons. The molecule has 1 aliphatic heterocycles. The molecule has 6 heteroatoms. The Bertz CT molecular complexity index is 783. The Morgan fingerprint density at radius 1 is 1.00 bits per heavy atom. The van der Waals surface area contributed by atoms with Gasteiger partial charge < -0.3 is 14.4 Å². The second-order valence-corrected chi connectivity index (χ2v) is 6.58. The summed E-state index contributed by atoms with van der Waals surface area (Å²) in [6, 6.07) is 13.9. The molecule has 0 aliphatic carbocycles. The number of hydrogen-bond acceptors (Lipinski definition) is 4.